The van der Waals surface area contributed by atoms with Gasteiger partial charge in [0, 0.05) is 18.0 Å². The summed E-state index contributed by atoms with van der Waals surface area (Å²) in [5.41, 5.74) is -0.00977. The molecule has 28 heavy (non-hydrogen) atoms. The molecule has 0 aliphatic heterocycles. The maximum absolute atomic E-state index is 14.0. The molecule has 0 atom stereocenters. The van der Waals surface area contributed by atoms with Crippen LogP contribution < -0.4 is 4.74 Å². The summed E-state index contributed by atoms with van der Waals surface area (Å²) in [5, 5.41) is 6.94. The van der Waals surface area contributed by atoms with Crippen molar-refractivity contribution in [3.63, 3.8) is 0 Å². The average Bonchev–Trinajstić information content (AvgIpc) is 3.04. The predicted molar refractivity (Wildman–Crippen MR) is 81.0 cm³/mol. The SMILES string of the molecule is CCOC(F)(F)c1nnc2cnc(-c3cnc(OCC(F)(F)F)c(F)c3)cn12. The lowest BCUT2D eigenvalue weighted by molar-refractivity contribution is -0.251. The molecule has 0 N–H and O–H groups in total. The lowest BCUT2D eigenvalue weighted by Crippen LogP contribution is -2.21. The zero-order valence-corrected chi connectivity index (χ0v) is 14.0. The number of aromatic nitrogens is 5. The van der Waals surface area contributed by atoms with E-state index in [2.05, 4.69) is 29.6 Å². The Hall–Kier alpha value is -2.96. The van der Waals surface area contributed by atoms with Crippen LogP contribution in [-0.4, -0.2) is 44.0 Å². The smallest absolute Gasteiger partial charge is 0.422 e. The molecule has 13 heteroatoms. The van der Waals surface area contributed by atoms with Crippen LogP contribution in [0, 0.1) is 5.82 Å². The second-order valence-corrected chi connectivity index (χ2v) is 5.39. The Morgan fingerprint density at radius 3 is 2.46 bits per heavy atom. The molecule has 3 aromatic rings. The highest BCUT2D eigenvalue weighted by molar-refractivity contribution is 5.59. The molecule has 0 amide bonds. The number of alkyl halides is 5. The molecule has 0 bridgehead atoms. The van der Waals surface area contributed by atoms with Gasteiger partial charge in [-0.15, -0.1) is 10.2 Å². The molecule has 150 valence electrons. The normalized spacial score (nSPS) is 12.5. The Labute approximate surface area is 152 Å². The largest absolute Gasteiger partial charge is 0.466 e. The molecular weight excluding hydrogens is 396 g/mol. The fourth-order valence-corrected chi connectivity index (χ4v) is 2.22. The first-order valence-electron chi connectivity index (χ1n) is 7.69. The summed E-state index contributed by atoms with van der Waals surface area (Å²) in [6, 6.07) is 0.817. The highest BCUT2D eigenvalue weighted by Gasteiger charge is 2.38. The maximum atomic E-state index is 14.0. The van der Waals surface area contributed by atoms with E-state index in [-0.39, 0.29) is 23.5 Å². The van der Waals surface area contributed by atoms with Gasteiger partial charge in [0.2, 0.25) is 5.82 Å². The number of hydrogen-bond donors (Lipinski definition) is 0. The Balaban J connectivity index is 1.94. The van der Waals surface area contributed by atoms with E-state index in [1.807, 2.05) is 0 Å². The van der Waals surface area contributed by atoms with Crippen molar-refractivity contribution in [2.75, 3.05) is 13.2 Å². The first-order chi connectivity index (χ1) is 13.1. The van der Waals surface area contributed by atoms with E-state index < -0.39 is 36.4 Å². The Bertz CT molecular complexity index is 991. The fourth-order valence-electron chi connectivity index (χ4n) is 2.22. The summed E-state index contributed by atoms with van der Waals surface area (Å²) in [6.07, 6.45) is -5.18. The highest BCUT2D eigenvalue weighted by Crippen LogP contribution is 2.29. The molecule has 3 heterocycles. The molecule has 0 spiro atoms. The van der Waals surface area contributed by atoms with Gasteiger partial charge >= 0.3 is 12.3 Å². The monoisotopic (exact) mass is 407 g/mol. The number of pyridine rings is 1. The van der Waals surface area contributed by atoms with Crippen molar-refractivity contribution >= 4 is 5.65 Å². The van der Waals surface area contributed by atoms with E-state index in [1.165, 1.54) is 6.92 Å². The van der Waals surface area contributed by atoms with E-state index in [0.717, 1.165) is 29.1 Å². The topological polar surface area (TPSA) is 74.4 Å². The Kier molecular flexibility index (Phi) is 5.10. The van der Waals surface area contributed by atoms with Crippen molar-refractivity contribution in [2.24, 2.45) is 0 Å². The summed E-state index contributed by atoms with van der Waals surface area (Å²) < 4.78 is 88.0. The molecule has 0 unspecified atom stereocenters. The van der Waals surface area contributed by atoms with E-state index in [9.17, 15) is 26.3 Å². The van der Waals surface area contributed by atoms with E-state index in [0.29, 0.717) is 0 Å². The third-order valence-corrected chi connectivity index (χ3v) is 3.35. The van der Waals surface area contributed by atoms with Gasteiger partial charge in [-0.25, -0.2) is 9.37 Å². The summed E-state index contributed by atoms with van der Waals surface area (Å²) in [7, 11) is 0. The van der Waals surface area contributed by atoms with Crippen LogP contribution in [0.5, 0.6) is 5.88 Å². The number of fused-ring (bicyclic) bond motifs is 1. The summed E-state index contributed by atoms with van der Waals surface area (Å²) >= 11 is 0. The van der Waals surface area contributed by atoms with Gasteiger partial charge in [-0.3, -0.25) is 9.38 Å². The maximum Gasteiger partial charge on any atom is 0.422 e. The lowest BCUT2D eigenvalue weighted by Gasteiger charge is -2.13. The molecule has 0 fully saturated rings. The first kappa shape index (κ1) is 19.8. The number of halogens is 6. The van der Waals surface area contributed by atoms with Crippen molar-refractivity contribution < 1.29 is 35.8 Å². The standard InChI is InChI=1S/C15H11F6N5O2/c1-2-28-15(20,21)13-25-24-11-5-22-10(6-26(11)13)8-3-9(16)12(23-4-8)27-7-14(17,18)19/h3-6H,2,7H2,1H3. The van der Waals surface area contributed by atoms with Crippen molar-refractivity contribution in [2.45, 2.75) is 19.2 Å². The number of rotatable bonds is 6. The van der Waals surface area contributed by atoms with Gasteiger partial charge in [0.25, 0.3) is 5.88 Å². The third-order valence-electron chi connectivity index (χ3n) is 3.35. The van der Waals surface area contributed by atoms with Gasteiger partial charge in [0.1, 0.15) is 0 Å². The molecule has 3 aromatic heterocycles. The molecule has 0 saturated carbocycles. The quantitative estimate of drug-likeness (QED) is 0.584. The number of ether oxygens (including phenoxy) is 2. The molecule has 3 rings (SSSR count). The van der Waals surface area contributed by atoms with Crippen LogP contribution >= 0.6 is 0 Å². The predicted octanol–water partition coefficient (Wildman–Crippen LogP) is 3.35. The Morgan fingerprint density at radius 2 is 1.82 bits per heavy atom. The van der Waals surface area contributed by atoms with Gasteiger partial charge in [0.15, 0.2) is 18.1 Å². The van der Waals surface area contributed by atoms with E-state index in [1.54, 1.807) is 0 Å². The molecular formula is C15H11F6N5O2. The number of hydrogen-bond acceptors (Lipinski definition) is 6. The van der Waals surface area contributed by atoms with Crippen LogP contribution in [0.3, 0.4) is 0 Å². The fraction of sp³-hybridized carbons (Fsp3) is 0.333. The molecule has 0 aliphatic rings. The van der Waals surface area contributed by atoms with Crippen LogP contribution in [0.25, 0.3) is 16.9 Å². The van der Waals surface area contributed by atoms with E-state index >= 15 is 0 Å². The lowest BCUT2D eigenvalue weighted by atomic mass is 10.2. The van der Waals surface area contributed by atoms with Crippen LogP contribution in [0.4, 0.5) is 26.3 Å². The third kappa shape index (κ3) is 4.13. The van der Waals surface area contributed by atoms with Crippen molar-refractivity contribution in [1.29, 1.82) is 0 Å². The van der Waals surface area contributed by atoms with Gasteiger partial charge < -0.3 is 9.47 Å². The van der Waals surface area contributed by atoms with Crippen LogP contribution in [0.15, 0.2) is 24.7 Å². The minimum atomic E-state index is -4.66. The zero-order chi connectivity index (χ0) is 20.5. The van der Waals surface area contributed by atoms with Crippen molar-refractivity contribution in [3.8, 4) is 17.1 Å². The van der Waals surface area contributed by atoms with Gasteiger partial charge in [-0.05, 0) is 13.0 Å². The summed E-state index contributed by atoms with van der Waals surface area (Å²) in [4.78, 5) is 7.41. The Morgan fingerprint density at radius 1 is 1.07 bits per heavy atom. The number of nitrogens with zero attached hydrogens (tertiary/aromatic N) is 5. The zero-order valence-electron chi connectivity index (χ0n) is 14.0. The molecule has 0 aliphatic carbocycles. The molecule has 0 aromatic carbocycles. The van der Waals surface area contributed by atoms with Crippen LogP contribution in [0.1, 0.15) is 12.7 Å². The highest BCUT2D eigenvalue weighted by atomic mass is 19.4. The van der Waals surface area contributed by atoms with Gasteiger partial charge in [-0.1, -0.05) is 0 Å². The van der Waals surface area contributed by atoms with Crippen molar-refractivity contribution in [3.05, 3.63) is 36.3 Å². The summed E-state index contributed by atoms with van der Waals surface area (Å²) in [6.45, 7) is -0.619. The second-order valence-electron chi connectivity index (χ2n) is 5.39. The molecule has 7 nitrogen and oxygen atoms in total. The molecule has 0 saturated heterocycles. The van der Waals surface area contributed by atoms with Gasteiger partial charge in [-0.2, -0.15) is 22.0 Å². The van der Waals surface area contributed by atoms with Crippen LogP contribution in [0.2, 0.25) is 0 Å². The van der Waals surface area contributed by atoms with E-state index in [4.69, 9.17) is 0 Å². The first-order valence-corrected chi connectivity index (χ1v) is 7.69. The average molecular weight is 407 g/mol. The van der Waals surface area contributed by atoms with Gasteiger partial charge in [0.05, 0.1) is 18.5 Å². The van der Waals surface area contributed by atoms with Crippen molar-refractivity contribution in [1.82, 2.24) is 24.6 Å². The second kappa shape index (κ2) is 7.22. The minimum absolute atomic E-state index is 0.00498. The summed E-state index contributed by atoms with van der Waals surface area (Å²) in [5.74, 6) is -2.84. The van der Waals surface area contributed by atoms with Crippen LogP contribution in [-0.2, 0) is 10.8 Å². The minimum Gasteiger partial charge on any atom is -0.466 e. The molecule has 0 radical (unpaired) electrons.